The Kier molecular flexibility index (Phi) is 5.33. The molecule has 0 saturated carbocycles. The Morgan fingerprint density at radius 2 is 1.85 bits per heavy atom. The fraction of sp³-hybridized carbons (Fsp3) is 0.769. The van der Waals surface area contributed by atoms with Crippen LogP contribution in [0.15, 0.2) is 4.99 Å². The summed E-state index contributed by atoms with van der Waals surface area (Å²) in [4.78, 5) is 4.15. The normalized spacial score (nSPS) is 21.9. The van der Waals surface area contributed by atoms with Crippen molar-refractivity contribution in [1.29, 1.82) is 5.41 Å². The van der Waals surface area contributed by atoms with Gasteiger partial charge >= 0.3 is 122 Å². The van der Waals surface area contributed by atoms with Crippen molar-refractivity contribution in [2.45, 2.75) is 57.7 Å². The van der Waals surface area contributed by atoms with Crippen molar-refractivity contribution in [3.05, 3.63) is 0 Å². The molecule has 1 rings (SSSR count). The molecule has 0 amide bonds. The van der Waals surface area contributed by atoms with Crippen molar-refractivity contribution in [3.8, 4) is 0 Å². The fourth-order valence-electron chi connectivity index (χ4n) is 3.02. The monoisotopic (exact) mass is 278 g/mol. The predicted octanol–water partition coefficient (Wildman–Crippen LogP) is -0.355. The molecule has 112 valence electrons. The first-order valence-electron chi connectivity index (χ1n) is 6.96. The molecule has 0 aromatic heterocycles. The van der Waals surface area contributed by atoms with Crippen LogP contribution in [0.4, 0.5) is 0 Å². The number of aliphatic imine (C=N–C) groups is 1. The molecule has 1 aliphatic rings. The van der Waals surface area contributed by atoms with Gasteiger partial charge in [-0.25, -0.2) is 0 Å². The van der Waals surface area contributed by atoms with Gasteiger partial charge in [0.25, 0.3) is 0 Å². The Bertz CT molecular complexity index is 386. The summed E-state index contributed by atoms with van der Waals surface area (Å²) in [7, 11) is 5.31. The number of piperidine rings is 1. The molecule has 0 aromatic rings. The molecule has 0 aliphatic carbocycles. The second-order valence-corrected chi connectivity index (χ2v) is 6.55. The van der Waals surface area contributed by atoms with Crippen LogP contribution < -0.4 is 21.3 Å². The van der Waals surface area contributed by atoms with E-state index in [9.17, 15) is 0 Å². The third-order valence-electron chi connectivity index (χ3n) is 3.23. The summed E-state index contributed by atoms with van der Waals surface area (Å²) in [6.07, 6.45) is 3.44. The molecular weight excluding hydrogens is 251 g/mol. The summed E-state index contributed by atoms with van der Waals surface area (Å²) in [5, 5.41) is 20.3. The van der Waals surface area contributed by atoms with Crippen LogP contribution >= 0.6 is 0 Å². The zero-order valence-corrected chi connectivity index (χ0v) is 13.2. The van der Waals surface area contributed by atoms with Crippen LogP contribution in [0.25, 0.3) is 0 Å². The Balaban J connectivity index is 2.74. The standard InChI is InChI=1S/C13H27BN6/c1-12(2)6-9(7-13(3,4)20-12)18-11(16-5)19-10(15)17-8-14/h8-9,14,20H,6-7H2,1-5H3,(H4,15,16,17,18,19). The van der Waals surface area contributed by atoms with E-state index in [2.05, 4.69) is 61.4 Å². The van der Waals surface area contributed by atoms with Crippen LogP contribution in [-0.4, -0.2) is 49.7 Å². The number of nitrogens with zero attached hydrogens (tertiary/aromatic N) is 1. The summed E-state index contributed by atoms with van der Waals surface area (Å²) in [5.74, 6) is 0.659. The maximum atomic E-state index is 7.63. The van der Waals surface area contributed by atoms with Crippen LogP contribution in [0.2, 0.25) is 0 Å². The van der Waals surface area contributed by atoms with Crippen LogP contribution in [0.1, 0.15) is 40.5 Å². The first-order valence-corrected chi connectivity index (χ1v) is 6.96. The van der Waals surface area contributed by atoms with Crippen molar-refractivity contribution in [2.75, 3.05) is 7.05 Å². The summed E-state index contributed by atoms with van der Waals surface area (Å²) in [6.45, 7) is 8.83. The van der Waals surface area contributed by atoms with E-state index in [1.807, 2.05) is 0 Å². The molecular formula is C13H27BN6. The Labute approximate surface area is 122 Å². The molecule has 5 N–H and O–H groups in total. The van der Waals surface area contributed by atoms with E-state index in [0.29, 0.717) is 12.0 Å². The number of hydrogen-bond donors (Lipinski definition) is 5. The minimum atomic E-state index is 0.0595. The Hall–Kier alpha value is -1.37. The summed E-state index contributed by atoms with van der Waals surface area (Å²) in [5.41, 5.74) is 0.149. The zero-order valence-electron chi connectivity index (χ0n) is 13.2. The Morgan fingerprint density at radius 1 is 1.30 bits per heavy atom. The van der Waals surface area contributed by atoms with Crippen LogP contribution in [0, 0.1) is 5.41 Å². The van der Waals surface area contributed by atoms with E-state index in [4.69, 9.17) is 5.41 Å². The molecule has 0 bridgehead atoms. The van der Waals surface area contributed by atoms with E-state index in [1.54, 1.807) is 7.05 Å². The molecule has 6 nitrogen and oxygen atoms in total. The molecule has 1 fully saturated rings. The van der Waals surface area contributed by atoms with Gasteiger partial charge in [0.1, 0.15) is 0 Å². The van der Waals surface area contributed by atoms with Gasteiger partial charge in [-0.2, -0.15) is 0 Å². The van der Waals surface area contributed by atoms with Gasteiger partial charge in [-0.3, -0.25) is 0 Å². The molecule has 1 heterocycles. The number of nitrogens with one attached hydrogen (secondary N) is 5. The molecule has 0 spiro atoms. The van der Waals surface area contributed by atoms with Crippen LogP contribution in [0.3, 0.4) is 0 Å². The van der Waals surface area contributed by atoms with Gasteiger partial charge in [0.05, 0.1) is 0 Å². The van der Waals surface area contributed by atoms with E-state index in [-0.39, 0.29) is 17.0 Å². The fourth-order valence-corrected chi connectivity index (χ4v) is 3.02. The topological polar surface area (TPSA) is 84.3 Å². The van der Waals surface area contributed by atoms with Crippen LogP contribution in [0.5, 0.6) is 0 Å². The summed E-state index contributed by atoms with van der Waals surface area (Å²) < 4.78 is 0. The van der Waals surface area contributed by atoms with Gasteiger partial charge in [-0.15, -0.1) is 0 Å². The number of guanidine groups is 2. The molecule has 1 saturated heterocycles. The van der Waals surface area contributed by atoms with E-state index in [0.717, 1.165) is 12.8 Å². The van der Waals surface area contributed by atoms with E-state index in [1.165, 1.54) is 6.09 Å². The molecule has 0 radical (unpaired) electrons. The Morgan fingerprint density at radius 3 is 2.30 bits per heavy atom. The number of hydrogen-bond acceptors (Lipinski definition) is 2. The van der Waals surface area contributed by atoms with Crippen molar-refractivity contribution < 1.29 is 0 Å². The van der Waals surface area contributed by atoms with Gasteiger partial charge in [-0.05, 0) is 0 Å². The molecule has 0 unspecified atom stereocenters. The third-order valence-corrected chi connectivity index (χ3v) is 3.23. The quantitative estimate of drug-likeness (QED) is 0.271. The van der Waals surface area contributed by atoms with Crippen molar-refractivity contribution >= 4 is 25.5 Å². The van der Waals surface area contributed by atoms with E-state index < -0.39 is 0 Å². The van der Waals surface area contributed by atoms with Crippen molar-refractivity contribution in [1.82, 2.24) is 21.3 Å². The predicted molar refractivity (Wildman–Crippen MR) is 88.0 cm³/mol. The van der Waals surface area contributed by atoms with Gasteiger partial charge in [-0.1, -0.05) is 0 Å². The van der Waals surface area contributed by atoms with Crippen molar-refractivity contribution in [3.63, 3.8) is 0 Å². The second-order valence-electron chi connectivity index (χ2n) is 6.55. The minimum absolute atomic E-state index is 0.0595. The first-order chi connectivity index (χ1) is 9.17. The molecule has 7 heteroatoms. The van der Waals surface area contributed by atoms with Crippen LogP contribution in [-0.2, 0) is 0 Å². The molecule has 0 atom stereocenters. The molecule has 0 aromatic carbocycles. The average Bonchev–Trinajstić information content (AvgIpc) is 2.23. The van der Waals surface area contributed by atoms with Gasteiger partial charge in [0.2, 0.25) is 0 Å². The maximum absolute atomic E-state index is 7.63. The third kappa shape index (κ3) is 5.32. The number of rotatable bonds is 2. The summed E-state index contributed by atoms with van der Waals surface area (Å²) in [6, 6.07) is 0.309. The average molecular weight is 278 g/mol. The first kappa shape index (κ1) is 16.7. The molecule has 20 heavy (non-hydrogen) atoms. The van der Waals surface area contributed by atoms with Gasteiger partial charge in [0.15, 0.2) is 0 Å². The van der Waals surface area contributed by atoms with Crippen molar-refractivity contribution in [2.24, 2.45) is 4.99 Å². The SMILES string of the molecule is B=CNC(=N)/N=C(\NC)NC1CC(C)(C)NC(C)(C)C1. The van der Waals surface area contributed by atoms with Gasteiger partial charge in [0, 0.05) is 0 Å². The second kappa shape index (κ2) is 6.39. The molecule has 1 aliphatic heterocycles. The summed E-state index contributed by atoms with van der Waals surface area (Å²) >= 11 is 0. The zero-order chi connectivity index (χ0) is 15.4. The van der Waals surface area contributed by atoms with Gasteiger partial charge < -0.3 is 0 Å². The van der Waals surface area contributed by atoms with E-state index >= 15 is 0 Å².